The molecule has 0 spiro atoms. The Balaban J connectivity index is 3.31. The van der Waals surface area contributed by atoms with Gasteiger partial charge in [-0.25, -0.2) is 0 Å². The Morgan fingerprint density at radius 1 is 1.08 bits per heavy atom. The number of rotatable bonds is 7. The number of amides is 1. The molecule has 0 radical (unpaired) electrons. The van der Waals surface area contributed by atoms with Gasteiger partial charge in [0.05, 0.1) is 13.0 Å². The van der Waals surface area contributed by atoms with Crippen molar-refractivity contribution in [1.82, 2.24) is 4.90 Å². The van der Waals surface area contributed by atoms with E-state index in [1.54, 1.807) is 6.92 Å². The highest BCUT2D eigenvalue weighted by molar-refractivity contribution is 6.67. The molecule has 2 unspecified atom stereocenters. The van der Waals surface area contributed by atoms with E-state index in [0.29, 0.717) is 0 Å². The van der Waals surface area contributed by atoms with Crippen molar-refractivity contribution < 1.29 is 42.0 Å². The minimum atomic E-state index is -4.29. The molecule has 1 saturated heterocycles. The smallest absolute Gasteiger partial charge is 0.469 e. The van der Waals surface area contributed by atoms with Gasteiger partial charge in [0.15, 0.2) is 0 Å². The molecule has 0 aromatic rings. The Morgan fingerprint density at radius 3 is 1.88 bits per heavy atom. The average molecular weight is 389 g/mol. The molecule has 0 aromatic heterocycles. The van der Waals surface area contributed by atoms with Crippen LogP contribution in [0.25, 0.3) is 0 Å². The molecule has 1 fully saturated rings. The van der Waals surface area contributed by atoms with Crippen molar-refractivity contribution in [3.63, 3.8) is 0 Å². The molecular formula is C15H23NO9Si. The summed E-state index contributed by atoms with van der Waals surface area (Å²) in [7, 11) is -3.08. The lowest BCUT2D eigenvalue weighted by Gasteiger charge is -2.36. The highest BCUT2D eigenvalue weighted by atomic mass is 28.4. The van der Waals surface area contributed by atoms with Crippen molar-refractivity contribution in [2.24, 2.45) is 5.92 Å². The van der Waals surface area contributed by atoms with E-state index in [4.69, 9.17) is 13.3 Å². The number of methoxy groups -OCH3 is 1. The maximum absolute atomic E-state index is 12.4. The van der Waals surface area contributed by atoms with Gasteiger partial charge in [0, 0.05) is 33.7 Å². The van der Waals surface area contributed by atoms with Crippen LogP contribution in [0.15, 0.2) is 0 Å². The van der Waals surface area contributed by atoms with Crippen LogP contribution in [0.1, 0.15) is 40.5 Å². The minimum Gasteiger partial charge on any atom is -0.469 e. The zero-order chi connectivity index (χ0) is 20.1. The number of hydrogen-bond donors (Lipinski definition) is 0. The maximum Gasteiger partial charge on any atom is 0.729 e. The van der Waals surface area contributed by atoms with Gasteiger partial charge >= 0.3 is 14.8 Å². The van der Waals surface area contributed by atoms with Crippen LogP contribution < -0.4 is 0 Å². The van der Waals surface area contributed by atoms with E-state index in [9.17, 15) is 24.0 Å². The molecular weight excluding hydrogens is 366 g/mol. The number of likely N-dealkylation sites (tertiary alicyclic amines) is 1. The number of nitrogens with zero attached hydrogens (tertiary/aromatic N) is 1. The van der Waals surface area contributed by atoms with Gasteiger partial charge in [-0.1, -0.05) is 6.92 Å². The Hall–Kier alpha value is -2.43. The summed E-state index contributed by atoms with van der Waals surface area (Å²) in [6, 6.07) is 0. The number of hydrogen-bond acceptors (Lipinski definition) is 9. The summed E-state index contributed by atoms with van der Waals surface area (Å²) >= 11 is 0. The van der Waals surface area contributed by atoms with Gasteiger partial charge in [0.25, 0.3) is 17.9 Å². The third-order valence-corrected chi connectivity index (χ3v) is 6.97. The monoisotopic (exact) mass is 389 g/mol. The van der Waals surface area contributed by atoms with Crippen LogP contribution in [-0.4, -0.2) is 62.8 Å². The van der Waals surface area contributed by atoms with Crippen molar-refractivity contribution in [3.05, 3.63) is 0 Å². The zero-order valence-electron chi connectivity index (χ0n) is 15.4. The predicted molar refractivity (Wildman–Crippen MR) is 87.0 cm³/mol. The molecule has 1 rings (SSSR count). The molecule has 11 heteroatoms. The summed E-state index contributed by atoms with van der Waals surface area (Å²) in [5, 5.41) is 0. The first-order valence-electron chi connectivity index (χ1n) is 8.02. The summed E-state index contributed by atoms with van der Waals surface area (Å²) < 4.78 is 20.3. The van der Waals surface area contributed by atoms with Gasteiger partial charge in [0.1, 0.15) is 5.67 Å². The highest BCUT2D eigenvalue weighted by Crippen LogP contribution is 2.30. The van der Waals surface area contributed by atoms with Gasteiger partial charge in [0.2, 0.25) is 5.91 Å². The van der Waals surface area contributed by atoms with Crippen LogP contribution in [0.4, 0.5) is 0 Å². The molecule has 26 heavy (non-hydrogen) atoms. The summed E-state index contributed by atoms with van der Waals surface area (Å²) in [5.41, 5.74) is -0.999. The fourth-order valence-electron chi connectivity index (χ4n) is 2.89. The second-order valence-corrected chi connectivity index (χ2v) is 8.26. The number of carbonyl (C=O) groups excluding carboxylic acids is 5. The molecule has 1 aliphatic rings. The quantitative estimate of drug-likeness (QED) is 0.435. The second-order valence-electron chi connectivity index (χ2n) is 5.78. The Morgan fingerprint density at radius 2 is 1.54 bits per heavy atom. The molecule has 1 amide bonds. The van der Waals surface area contributed by atoms with Crippen LogP contribution >= 0.6 is 0 Å². The summed E-state index contributed by atoms with van der Waals surface area (Å²) in [4.78, 5) is 60.3. The van der Waals surface area contributed by atoms with Gasteiger partial charge in [-0.2, -0.15) is 0 Å². The SMILES string of the molecule is CCC(N1CC(C(=O)OC)CC1=O)[Si](OC(C)=O)(OC(C)=O)OC(C)=O. The number of esters is 1. The lowest BCUT2D eigenvalue weighted by molar-refractivity contribution is -0.151. The molecule has 0 bridgehead atoms. The molecule has 0 aliphatic carbocycles. The number of ether oxygens (including phenoxy) is 1. The third-order valence-electron chi connectivity index (χ3n) is 3.72. The van der Waals surface area contributed by atoms with E-state index in [1.807, 2.05) is 0 Å². The second kappa shape index (κ2) is 8.78. The van der Waals surface area contributed by atoms with Crippen molar-refractivity contribution in [2.75, 3.05) is 13.7 Å². The molecule has 10 nitrogen and oxygen atoms in total. The first-order valence-corrected chi connectivity index (χ1v) is 9.82. The van der Waals surface area contributed by atoms with E-state index in [2.05, 4.69) is 4.74 Å². The van der Waals surface area contributed by atoms with Crippen LogP contribution in [-0.2, 0) is 42.0 Å². The molecule has 0 saturated carbocycles. The van der Waals surface area contributed by atoms with Crippen LogP contribution in [0.5, 0.6) is 0 Å². The lowest BCUT2D eigenvalue weighted by Crippen LogP contribution is -2.64. The Bertz CT molecular complexity index is 565. The highest BCUT2D eigenvalue weighted by Gasteiger charge is 2.63. The van der Waals surface area contributed by atoms with E-state index in [-0.39, 0.29) is 19.4 Å². The van der Waals surface area contributed by atoms with Crippen molar-refractivity contribution >= 4 is 38.6 Å². The minimum absolute atomic E-state index is 0.0252. The molecule has 1 heterocycles. The van der Waals surface area contributed by atoms with Gasteiger partial charge in [-0.05, 0) is 6.42 Å². The normalized spacial score (nSPS) is 18.1. The van der Waals surface area contributed by atoms with E-state index < -0.39 is 50.2 Å². The molecule has 0 aromatic carbocycles. The fourth-order valence-corrected chi connectivity index (χ4v) is 5.75. The largest absolute Gasteiger partial charge is 0.729 e. The molecule has 0 N–H and O–H groups in total. The number of carbonyl (C=O) groups is 5. The van der Waals surface area contributed by atoms with Crippen LogP contribution in [0.3, 0.4) is 0 Å². The van der Waals surface area contributed by atoms with Crippen molar-refractivity contribution in [1.29, 1.82) is 0 Å². The van der Waals surface area contributed by atoms with Gasteiger partial charge < -0.3 is 22.9 Å². The Labute approximate surface area is 152 Å². The average Bonchev–Trinajstić information content (AvgIpc) is 2.86. The summed E-state index contributed by atoms with van der Waals surface area (Å²) in [6.07, 6.45) is 0.0631. The molecule has 1 aliphatic heterocycles. The van der Waals surface area contributed by atoms with E-state index >= 15 is 0 Å². The van der Waals surface area contributed by atoms with Crippen LogP contribution in [0, 0.1) is 5.92 Å². The fraction of sp³-hybridized carbons (Fsp3) is 0.667. The first kappa shape index (κ1) is 21.6. The summed E-state index contributed by atoms with van der Waals surface area (Å²) in [6.45, 7) is 4.85. The van der Waals surface area contributed by atoms with E-state index in [1.165, 1.54) is 12.0 Å². The van der Waals surface area contributed by atoms with E-state index in [0.717, 1.165) is 20.8 Å². The topological polar surface area (TPSA) is 126 Å². The standard InChI is InChI=1S/C15H23NO9Si/c1-6-14(16-8-12(7-13(16)20)15(21)22-5)26(23-9(2)17,24-10(3)18)25-11(4)19/h12,14H,6-8H2,1-5H3. The maximum atomic E-state index is 12.4. The van der Waals surface area contributed by atoms with Gasteiger partial charge in [-0.15, -0.1) is 0 Å². The van der Waals surface area contributed by atoms with Gasteiger partial charge in [-0.3, -0.25) is 24.0 Å². The summed E-state index contributed by atoms with van der Waals surface area (Å²) in [5.74, 6) is -4.16. The zero-order valence-corrected chi connectivity index (χ0v) is 16.4. The van der Waals surface area contributed by atoms with Crippen molar-refractivity contribution in [3.8, 4) is 0 Å². The molecule has 2 atom stereocenters. The third kappa shape index (κ3) is 5.03. The first-order chi connectivity index (χ1) is 12.1. The van der Waals surface area contributed by atoms with Crippen LogP contribution in [0.2, 0.25) is 0 Å². The predicted octanol–water partition coefficient (Wildman–Crippen LogP) is -0.0461. The Kier molecular flexibility index (Phi) is 7.30. The molecule has 146 valence electrons. The lowest BCUT2D eigenvalue weighted by atomic mass is 10.1. The van der Waals surface area contributed by atoms with Crippen molar-refractivity contribution in [2.45, 2.75) is 46.2 Å².